The maximum Gasteiger partial charge on any atom is 0.143 e. The van der Waals surface area contributed by atoms with Crippen molar-refractivity contribution in [1.82, 2.24) is 0 Å². The van der Waals surface area contributed by atoms with E-state index in [0.29, 0.717) is 11.7 Å². The van der Waals surface area contributed by atoms with E-state index in [1.807, 2.05) is 24.3 Å². The summed E-state index contributed by atoms with van der Waals surface area (Å²) in [4.78, 5) is 11.0. The molecule has 0 aliphatic heterocycles. The van der Waals surface area contributed by atoms with Gasteiger partial charge < -0.3 is 14.6 Å². The van der Waals surface area contributed by atoms with E-state index < -0.39 is 11.6 Å². The molecule has 3 heteroatoms. The van der Waals surface area contributed by atoms with Crippen LogP contribution in [-0.4, -0.2) is 11.6 Å². The molecule has 0 saturated heterocycles. The van der Waals surface area contributed by atoms with Crippen LogP contribution in [0.1, 0.15) is 49.3 Å². The van der Waals surface area contributed by atoms with Crippen LogP contribution in [0.3, 0.4) is 0 Å². The number of carbonyl (C=O) groups is 1. The fourth-order valence-electron chi connectivity index (χ4n) is 3.20. The van der Waals surface area contributed by atoms with E-state index in [2.05, 4.69) is 24.3 Å². The van der Waals surface area contributed by atoms with Crippen molar-refractivity contribution in [1.29, 1.82) is 0 Å². The lowest BCUT2D eigenvalue weighted by molar-refractivity contribution is -0.320. The van der Waals surface area contributed by atoms with Crippen molar-refractivity contribution in [3.05, 3.63) is 65.2 Å². The number of hydrogen-bond acceptors (Lipinski definition) is 3. The molecule has 0 radical (unpaired) electrons. The minimum Gasteiger partial charge on any atom is -0.546 e. The monoisotopic (exact) mass is 309 g/mol. The zero-order valence-corrected chi connectivity index (χ0v) is 13.5. The Morgan fingerprint density at radius 1 is 1.13 bits per heavy atom. The predicted molar refractivity (Wildman–Crippen MR) is 87.4 cm³/mol. The van der Waals surface area contributed by atoms with Crippen LogP contribution < -0.4 is 9.84 Å². The van der Waals surface area contributed by atoms with Crippen LogP contribution in [0.2, 0.25) is 0 Å². The number of ether oxygens (including phenoxy) is 1. The fourth-order valence-corrected chi connectivity index (χ4v) is 3.20. The standard InChI is InChI=1S/C20H22O3/c1-20(2,19(21)22)23-16-12-10-15(11-13-16)18-9-5-7-14-6-3-4-8-17(14)18/h3-4,6,8,10-13,18H,5,7,9H2,1-2H3,(H,21,22)/p-1. The maximum absolute atomic E-state index is 11.0. The smallest absolute Gasteiger partial charge is 0.143 e. The predicted octanol–water partition coefficient (Wildman–Crippen LogP) is 3.06. The molecule has 0 heterocycles. The van der Waals surface area contributed by atoms with E-state index in [1.54, 1.807) is 0 Å². The average Bonchev–Trinajstić information content (AvgIpc) is 2.55. The topological polar surface area (TPSA) is 49.4 Å². The van der Waals surface area contributed by atoms with Gasteiger partial charge in [-0.2, -0.15) is 0 Å². The van der Waals surface area contributed by atoms with Crippen molar-refractivity contribution < 1.29 is 14.6 Å². The average molecular weight is 309 g/mol. The van der Waals surface area contributed by atoms with Crippen LogP contribution in [-0.2, 0) is 11.2 Å². The molecule has 0 aromatic heterocycles. The second kappa shape index (κ2) is 6.07. The molecule has 0 amide bonds. The molecule has 0 saturated carbocycles. The van der Waals surface area contributed by atoms with E-state index in [9.17, 15) is 9.90 Å². The van der Waals surface area contributed by atoms with Gasteiger partial charge in [-0.3, -0.25) is 0 Å². The van der Waals surface area contributed by atoms with Gasteiger partial charge in [0.1, 0.15) is 11.4 Å². The van der Waals surface area contributed by atoms with Gasteiger partial charge in [0.05, 0.1) is 5.97 Å². The minimum atomic E-state index is -1.33. The molecule has 120 valence electrons. The maximum atomic E-state index is 11.0. The second-order valence-electron chi connectivity index (χ2n) is 6.61. The third kappa shape index (κ3) is 3.24. The Morgan fingerprint density at radius 3 is 2.52 bits per heavy atom. The minimum absolute atomic E-state index is 0.406. The van der Waals surface area contributed by atoms with E-state index in [1.165, 1.54) is 37.0 Å². The van der Waals surface area contributed by atoms with Crippen molar-refractivity contribution in [2.75, 3.05) is 0 Å². The Bertz CT molecular complexity index is 701. The first-order valence-electron chi connectivity index (χ1n) is 8.05. The number of rotatable bonds is 4. The molecule has 0 fully saturated rings. The van der Waals surface area contributed by atoms with Gasteiger partial charge >= 0.3 is 0 Å². The molecule has 23 heavy (non-hydrogen) atoms. The lowest BCUT2D eigenvalue weighted by atomic mass is 9.79. The van der Waals surface area contributed by atoms with Gasteiger partial charge in [-0.1, -0.05) is 36.4 Å². The summed E-state index contributed by atoms with van der Waals surface area (Å²) in [5, 5.41) is 11.0. The van der Waals surface area contributed by atoms with E-state index in [-0.39, 0.29) is 0 Å². The molecule has 1 aliphatic carbocycles. The first-order valence-corrected chi connectivity index (χ1v) is 8.05. The van der Waals surface area contributed by atoms with Crippen LogP contribution in [0.5, 0.6) is 5.75 Å². The van der Waals surface area contributed by atoms with E-state index in [0.717, 1.165) is 12.8 Å². The molecule has 2 aromatic carbocycles. The first kappa shape index (κ1) is 15.6. The van der Waals surface area contributed by atoms with Crippen molar-refractivity contribution in [2.45, 2.75) is 44.6 Å². The van der Waals surface area contributed by atoms with Crippen molar-refractivity contribution >= 4 is 5.97 Å². The second-order valence-corrected chi connectivity index (χ2v) is 6.61. The number of carboxylic acid groups (broad SMARTS) is 1. The van der Waals surface area contributed by atoms with Gasteiger partial charge in [-0.25, -0.2) is 0 Å². The Morgan fingerprint density at radius 2 is 1.83 bits per heavy atom. The van der Waals surface area contributed by atoms with Crippen LogP contribution in [0.15, 0.2) is 48.5 Å². The summed E-state index contributed by atoms with van der Waals surface area (Å²) in [5.41, 5.74) is 2.75. The zero-order chi connectivity index (χ0) is 16.4. The normalized spacial score (nSPS) is 17.4. The van der Waals surface area contributed by atoms with Crippen LogP contribution in [0.25, 0.3) is 0 Å². The number of carbonyl (C=O) groups excluding carboxylic acids is 1. The molecule has 1 unspecified atom stereocenters. The Balaban J connectivity index is 1.82. The Labute approximate surface area is 136 Å². The van der Waals surface area contributed by atoms with Crippen molar-refractivity contribution in [2.24, 2.45) is 0 Å². The first-order chi connectivity index (χ1) is 11.0. The van der Waals surface area contributed by atoms with Gasteiger partial charge in [0, 0.05) is 5.92 Å². The summed E-state index contributed by atoms with van der Waals surface area (Å²) in [6.07, 6.45) is 3.48. The number of carboxylic acids is 1. The molecule has 0 N–H and O–H groups in total. The lowest BCUT2D eigenvalue weighted by Crippen LogP contribution is -2.47. The molecular formula is C20H21O3-. The summed E-state index contributed by atoms with van der Waals surface area (Å²) in [6.45, 7) is 2.99. The SMILES string of the molecule is CC(C)(Oc1ccc(C2CCCc3ccccc32)cc1)C(=O)[O-]. The summed E-state index contributed by atoms with van der Waals surface area (Å²) in [5.74, 6) is -0.266. The molecule has 3 rings (SSSR count). The largest absolute Gasteiger partial charge is 0.546 e. The summed E-state index contributed by atoms with van der Waals surface area (Å²) in [7, 11) is 0. The molecule has 1 atom stereocenters. The summed E-state index contributed by atoms with van der Waals surface area (Å²) < 4.78 is 5.51. The highest BCUT2D eigenvalue weighted by atomic mass is 16.5. The van der Waals surface area contributed by atoms with E-state index >= 15 is 0 Å². The third-order valence-corrected chi connectivity index (χ3v) is 4.52. The highest BCUT2D eigenvalue weighted by Gasteiger charge is 2.23. The molecule has 0 spiro atoms. The van der Waals surface area contributed by atoms with Gasteiger partial charge in [-0.15, -0.1) is 0 Å². The zero-order valence-electron chi connectivity index (χ0n) is 13.5. The van der Waals surface area contributed by atoms with Crippen molar-refractivity contribution in [3.8, 4) is 5.75 Å². The van der Waals surface area contributed by atoms with Gasteiger partial charge in [0.2, 0.25) is 0 Å². The highest BCUT2D eigenvalue weighted by Crippen LogP contribution is 2.37. The molecular weight excluding hydrogens is 288 g/mol. The highest BCUT2D eigenvalue weighted by molar-refractivity contribution is 5.74. The van der Waals surface area contributed by atoms with Crippen LogP contribution >= 0.6 is 0 Å². The number of benzene rings is 2. The number of aliphatic carboxylic acids is 1. The molecule has 3 nitrogen and oxygen atoms in total. The fraction of sp³-hybridized carbons (Fsp3) is 0.350. The Kier molecular flexibility index (Phi) is 4.12. The Hall–Kier alpha value is -2.29. The van der Waals surface area contributed by atoms with Crippen LogP contribution in [0.4, 0.5) is 0 Å². The lowest BCUT2D eigenvalue weighted by Gasteiger charge is -2.28. The van der Waals surface area contributed by atoms with Gasteiger partial charge in [0.25, 0.3) is 0 Å². The summed E-state index contributed by atoms with van der Waals surface area (Å²) in [6, 6.07) is 16.4. The molecule has 0 bridgehead atoms. The number of fused-ring (bicyclic) bond motifs is 1. The quantitative estimate of drug-likeness (QED) is 0.872. The van der Waals surface area contributed by atoms with E-state index in [4.69, 9.17) is 4.74 Å². The van der Waals surface area contributed by atoms with Crippen molar-refractivity contribution in [3.63, 3.8) is 0 Å². The third-order valence-electron chi connectivity index (χ3n) is 4.52. The summed E-state index contributed by atoms with van der Waals surface area (Å²) >= 11 is 0. The number of aryl methyl sites for hydroxylation is 1. The van der Waals surface area contributed by atoms with Gasteiger partial charge in [-0.05, 0) is 61.9 Å². The molecule has 1 aliphatic rings. The molecule has 2 aromatic rings. The van der Waals surface area contributed by atoms with Crippen LogP contribution in [0, 0.1) is 0 Å². The number of hydrogen-bond donors (Lipinski definition) is 0. The van der Waals surface area contributed by atoms with Gasteiger partial charge in [0.15, 0.2) is 0 Å².